The summed E-state index contributed by atoms with van der Waals surface area (Å²) in [5.74, 6) is 0.526. The van der Waals surface area contributed by atoms with Crippen LogP contribution in [0.25, 0.3) is 0 Å². The minimum absolute atomic E-state index is 0.115. The molecular weight excluding hydrogens is 397 g/mol. The van der Waals surface area contributed by atoms with Crippen molar-refractivity contribution in [2.45, 2.75) is 58.0 Å². The van der Waals surface area contributed by atoms with Crippen molar-refractivity contribution in [1.29, 1.82) is 0 Å². The first-order chi connectivity index (χ1) is 13.2. The van der Waals surface area contributed by atoms with E-state index in [1.807, 2.05) is 30.9 Å². The lowest BCUT2D eigenvalue weighted by Crippen LogP contribution is -2.70. The van der Waals surface area contributed by atoms with Crippen LogP contribution >= 0.6 is 23.2 Å². The number of β-lactam (4-membered cyclic amide) rings is 1. The Morgan fingerprint density at radius 2 is 1.79 bits per heavy atom. The summed E-state index contributed by atoms with van der Waals surface area (Å²) in [7, 11) is 0. The highest BCUT2D eigenvalue weighted by Crippen LogP contribution is 2.64. The topological polar surface area (TPSA) is 57.6 Å². The molecule has 1 heterocycles. The molecule has 1 aliphatic heterocycles. The number of hydrogen-bond acceptors (Lipinski definition) is 2. The van der Waals surface area contributed by atoms with Crippen LogP contribution in [0.1, 0.15) is 57.6 Å². The summed E-state index contributed by atoms with van der Waals surface area (Å²) < 4.78 is 0. The number of carbonyl (C=O) groups is 2. The Morgan fingerprint density at radius 3 is 2.39 bits per heavy atom. The minimum Gasteiger partial charge on any atom is -0.481 e. The van der Waals surface area contributed by atoms with Crippen molar-refractivity contribution in [2.75, 3.05) is 0 Å². The largest absolute Gasteiger partial charge is 0.481 e. The van der Waals surface area contributed by atoms with Crippen molar-refractivity contribution in [2.24, 2.45) is 28.6 Å². The molecule has 1 N–H and O–H groups in total. The maximum atomic E-state index is 13.2. The van der Waals surface area contributed by atoms with Gasteiger partial charge in [-0.3, -0.25) is 9.59 Å². The van der Waals surface area contributed by atoms with Gasteiger partial charge in [-0.1, -0.05) is 35.3 Å². The Hall–Kier alpha value is -1.26. The third kappa shape index (κ3) is 2.31. The van der Waals surface area contributed by atoms with Gasteiger partial charge in [-0.2, -0.15) is 0 Å². The molecule has 5 fully saturated rings. The maximum Gasteiger partial charge on any atom is 0.309 e. The van der Waals surface area contributed by atoms with Crippen molar-refractivity contribution in [1.82, 2.24) is 4.90 Å². The van der Waals surface area contributed by atoms with E-state index in [-0.39, 0.29) is 29.8 Å². The summed E-state index contributed by atoms with van der Waals surface area (Å²) >= 11 is 12.8. The van der Waals surface area contributed by atoms with E-state index in [9.17, 15) is 14.7 Å². The SMILES string of the molecule is CC1(C)C(=O)N(C2C3CC4CC2CC(C(=O)O)(C4)C3)C1c1cccc(Cl)c1Cl. The molecule has 0 aromatic heterocycles. The smallest absolute Gasteiger partial charge is 0.309 e. The average molecular weight is 422 g/mol. The van der Waals surface area contributed by atoms with E-state index in [1.54, 1.807) is 6.07 Å². The van der Waals surface area contributed by atoms with Crippen LogP contribution in [0.4, 0.5) is 0 Å². The minimum atomic E-state index is -0.643. The second-order valence-electron chi connectivity index (χ2n) is 10.0. The standard InChI is InChI=1S/C22H25Cl2NO3/c1-21(2)18(14-4-3-5-15(23)16(14)24)25(19(21)26)17-12-6-11-7-13(17)10-22(8-11,9-12)20(27)28/h3-5,11-13,17-18H,6-10H2,1-2H3,(H,27,28). The molecule has 1 amide bonds. The number of hydrogen-bond donors (Lipinski definition) is 1. The van der Waals surface area contributed by atoms with E-state index >= 15 is 0 Å². The van der Waals surface area contributed by atoms with E-state index < -0.39 is 16.8 Å². The van der Waals surface area contributed by atoms with Crippen LogP contribution in [-0.2, 0) is 9.59 Å². The number of amides is 1. The zero-order chi connectivity index (χ0) is 20.0. The summed E-state index contributed by atoms with van der Waals surface area (Å²) in [6.07, 6.45) is 4.28. The van der Waals surface area contributed by atoms with Crippen LogP contribution in [0.5, 0.6) is 0 Å². The third-order valence-electron chi connectivity index (χ3n) is 8.02. The number of carboxylic acids is 1. The van der Waals surface area contributed by atoms with Crippen LogP contribution in [0.2, 0.25) is 10.0 Å². The number of aliphatic carboxylic acids is 1. The monoisotopic (exact) mass is 421 g/mol. The van der Waals surface area contributed by atoms with Crippen LogP contribution in [0.3, 0.4) is 0 Å². The number of benzene rings is 1. The molecule has 5 aliphatic rings. The third-order valence-corrected chi connectivity index (χ3v) is 8.86. The first-order valence-corrected chi connectivity index (χ1v) is 10.9. The molecule has 3 unspecified atom stereocenters. The number of halogens is 2. The van der Waals surface area contributed by atoms with Gasteiger partial charge in [-0.25, -0.2) is 0 Å². The fourth-order valence-electron chi connectivity index (χ4n) is 7.14. The molecule has 1 saturated heterocycles. The van der Waals surface area contributed by atoms with E-state index in [1.165, 1.54) is 0 Å². The molecule has 1 aromatic carbocycles. The number of likely N-dealkylation sites (tertiary alicyclic amines) is 1. The summed E-state index contributed by atoms with van der Waals surface area (Å²) in [6.45, 7) is 3.95. The molecule has 4 nitrogen and oxygen atoms in total. The molecule has 0 radical (unpaired) electrons. The molecule has 6 heteroatoms. The van der Waals surface area contributed by atoms with Crippen LogP contribution in [-0.4, -0.2) is 27.9 Å². The molecule has 4 aliphatic carbocycles. The number of carboxylic acid groups (broad SMARTS) is 1. The number of rotatable bonds is 3. The first-order valence-electron chi connectivity index (χ1n) is 10.2. The van der Waals surface area contributed by atoms with Gasteiger partial charge >= 0.3 is 5.97 Å². The molecular formula is C22H25Cl2NO3. The van der Waals surface area contributed by atoms with Crippen molar-refractivity contribution in [3.63, 3.8) is 0 Å². The van der Waals surface area contributed by atoms with Crippen molar-refractivity contribution in [3.8, 4) is 0 Å². The van der Waals surface area contributed by atoms with Crippen molar-refractivity contribution < 1.29 is 14.7 Å². The highest BCUT2D eigenvalue weighted by atomic mass is 35.5. The number of nitrogens with zero attached hydrogens (tertiary/aromatic N) is 1. The Bertz CT molecular complexity index is 867. The Labute approximate surface area is 175 Å². The fourth-order valence-corrected chi connectivity index (χ4v) is 7.55. The molecule has 4 saturated carbocycles. The van der Waals surface area contributed by atoms with E-state index in [0.29, 0.717) is 28.8 Å². The van der Waals surface area contributed by atoms with Gasteiger partial charge in [0.05, 0.1) is 26.9 Å². The van der Waals surface area contributed by atoms with E-state index in [4.69, 9.17) is 23.2 Å². The maximum absolute atomic E-state index is 13.2. The highest BCUT2D eigenvalue weighted by Gasteiger charge is 2.65. The molecule has 1 aromatic rings. The van der Waals surface area contributed by atoms with Gasteiger partial charge in [0.1, 0.15) is 0 Å². The second-order valence-corrected chi connectivity index (χ2v) is 10.8. The summed E-state index contributed by atoms with van der Waals surface area (Å²) in [6, 6.07) is 5.62. The number of carbonyl (C=O) groups excluding carboxylic acids is 1. The molecule has 28 heavy (non-hydrogen) atoms. The lowest BCUT2D eigenvalue weighted by atomic mass is 9.47. The molecule has 4 bridgehead atoms. The Balaban J connectivity index is 1.53. The lowest BCUT2D eigenvalue weighted by molar-refractivity contribution is -0.202. The van der Waals surface area contributed by atoms with Gasteiger partial charge < -0.3 is 10.0 Å². The summed E-state index contributed by atoms with van der Waals surface area (Å²) in [4.78, 5) is 27.3. The van der Waals surface area contributed by atoms with Crippen LogP contribution in [0, 0.1) is 28.6 Å². The van der Waals surface area contributed by atoms with Crippen LogP contribution < -0.4 is 0 Å². The Morgan fingerprint density at radius 1 is 1.14 bits per heavy atom. The van der Waals surface area contributed by atoms with Gasteiger partial charge in [0, 0.05) is 6.04 Å². The second kappa shape index (κ2) is 5.89. The van der Waals surface area contributed by atoms with E-state index in [2.05, 4.69) is 0 Å². The van der Waals surface area contributed by atoms with E-state index in [0.717, 1.165) is 24.8 Å². The van der Waals surface area contributed by atoms with Crippen molar-refractivity contribution >= 4 is 35.1 Å². The van der Waals surface area contributed by atoms with Crippen LogP contribution in [0.15, 0.2) is 18.2 Å². The molecule has 150 valence electrons. The summed E-state index contributed by atoms with van der Waals surface area (Å²) in [5, 5.41) is 10.9. The predicted molar refractivity (Wildman–Crippen MR) is 107 cm³/mol. The quantitative estimate of drug-likeness (QED) is 0.683. The van der Waals surface area contributed by atoms with Gasteiger partial charge in [0.15, 0.2) is 0 Å². The molecule has 0 spiro atoms. The fraction of sp³-hybridized carbons (Fsp3) is 0.636. The molecule has 3 atom stereocenters. The van der Waals surface area contributed by atoms with Gasteiger partial charge in [0.25, 0.3) is 0 Å². The van der Waals surface area contributed by atoms with Crippen molar-refractivity contribution in [3.05, 3.63) is 33.8 Å². The predicted octanol–water partition coefficient (Wildman–Crippen LogP) is 5.18. The summed E-state index contributed by atoms with van der Waals surface area (Å²) in [5.41, 5.74) is -0.201. The van der Waals surface area contributed by atoms with Gasteiger partial charge in [0.2, 0.25) is 5.91 Å². The zero-order valence-electron chi connectivity index (χ0n) is 16.1. The van der Waals surface area contributed by atoms with Gasteiger partial charge in [-0.15, -0.1) is 0 Å². The van der Waals surface area contributed by atoms with Gasteiger partial charge in [-0.05, 0) is 75.3 Å². The average Bonchev–Trinajstić information content (AvgIpc) is 2.62. The molecule has 6 rings (SSSR count). The first kappa shape index (κ1) is 18.7. The normalized spacial score (nSPS) is 40.5. The Kier molecular flexibility index (Phi) is 3.94. The highest BCUT2D eigenvalue weighted by molar-refractivity contribution is 6.42. The zero-order valence-corrected chi connectivity index (χ0v) is 17.6. The lowest BCUT2D eigenvalue weighted by Gasteiger charge is -2.66.